The molecule has 4 rings (SSSR count). The van der Waals surface area contributed by atoms with Crippen molar-refractivity contribution in [3.63, 3.8) is 0 Å². The van der Waals surface area contributed by atoms with Gasteiger partial charge >= 0.3 is 0 Å². The van der Waals surface area contributed by atoms with Crippen molar-refractivity contribution in [2.45, 2.75) is 76.9 Å². The number of fused-ring (bicyclic) bond motifs is 1. The van der Waals surface area contributed by atoms with E-state index in [1.807, 2.05) is 44.2 Å². The number of nitrogens with zero attached hydrogens (tertiary/aromatic N) is 2. The molecule has 2 aromatic rings. The van der Waals surface area contributed by atoms with Crippen molar-refractivity contribution in [3.8, 4) is 0 Å². The Morgan fingerprint density at radius 2 is 1.69 bits per heavy atom. The van der Waals surface area contributed by atoms with E-state index in [0.717, 1.165) is 37.5 Å². The minimum absolute atomic E-state index is 0.0305. The maximum atomic E-state index is 13.5. The molecule has 2 fully saturated rings. The molecule has 1 saturated heterocycles. The number of Topliss-reactive ketones (excluding diaryl/α,β-unsaturated/α-hetero) is 1. The van der Waals surface area contributed by atoms with Gasteiger partial charge in [0.2, 0.25) is 11.7 Å². The molecule has 8 nitrogen and oxygen atoms in total. The molecule has 0 radical (unpaired) electrons. The summed E-state index contributed by atoms with van der Waals surface area (Å²) < 4.78 is 0. The van der Waals surface area contributed by atoms with Gasteiger partial charge in [-0.3, -0.25) is 19.2 Å². The predicted octanol–water partition coefficient (Wildman–Crippen LogP) is 3.00. The van der Waals surface area contributed by atoms with E-state index in [2.05, 4.69) is 15.6 Å². The molecule has 2 aliphatic rings. The van der Waals surface area contributed by atoms with Gasteiger partial charge in [0.05, 0.1) is 5.52 Å². The minimum Gasteiger partial charge on any atom is -0.347 e. The highest BCUT2D eigenvalue weighted by atomic mass is 16.2. The quantitative estimate of drug-likeness (QED) is 0.595. The highest BCUT2D eigenvalue weighted by molar-refractivity contribution is 6.38. The van der Waals surface area contributed by atoms with Crippen LogP contribution in [-0.4, -0.2) is 58.1 Å². The first kappa shape index (κ1) is 24.8. The van der Waals surface area contributed by atoms with Crippen LogP contribution in [0.5, 0.6) is 0 Å². The van der Waals surface area contributed by atoms with Crippen molar-refractivity contribution >= 4 is 34.4 Å². The molecule has 1 unspecified atom stereocenters. The van der Waals surface area contributed by atoms with Crippen LogP contribution >= 0.6 is 0 Å². The molecule has 0 bridgehead atoms. The Hall–Kier alpha value is -3.29. The number of amides is 3. The zero-order chi connectivity index (χ0) is 24.9. The lowest BCUT2D eigenvalue weighted by Crippen LogP contribution is -2.55. The van der Waals surface area contributed by atoms with E-state index in [0.29, 0.717) is 24.9 Å². The van der Waals surface area contributed by atoms with Gasteiger partial charge in [0, 0.05) is 18.0 Å². The lowest BCUT2D eigenvalue weighted by atomic mass is 9.95. The number of carbonyl (C=O) groups excluding carboxylic acids is 4. The van der Waals surface area contributed by atoms with Crippen molar-refractivity contribution in [1.29, 1.82) is 0 Å². The predicted molar refractivity (Wildman–Crippen MR) is 133 cm³/mol. The standard InChI is InChI=1S/C27H34N4O4/c1-17(2)23(30-25(33)21-15-14-18-9-6-7-12-20(18)29-21)27(35)31-16-8-13-22(31)24(32)26(34)28-19-10-4-3-5-11-19/h6-7,9,12,14-15,17,19,22-23H,3-5,8,10-11,13,16H2,1-2H3,(H,28,34)(H,30,33)/t22?,23-/m0/s1. The molecule has 1 saturated carbocycles. The molecule has 35 heavy (non-hydrogen) atoms. The number of nitrogens with one attached hydrogen (secondary N) is 2. The van der Waals surface area contributed by atoms with E-state index in [4.69, 9.17) is 0 Å². The number of para-hydroxylation sites is 1. The number of likely N-dealkylation sites (tertiary alicyclic amines) is 1. The fourth-order valence-corrected chi connectivity index (χ4v) is 5.06. The molecular formula is C27H34N4O4. The Kier molecular flexibility index (Phi) is 7.78. The minimum atomic E-state index is -0.828. The number of hydrogen-bond donors (Lipinski definition) is 2. The van der Waals surface area contributed by atoms with E-state index in [9.17, 15) is 19.2 Å². The normalized spacial score (nSPS) is 19.5. The summed E-state index contributed by atoms with van der Waals surface area (Å²) in [5.74, 6) is -2.16. The molecule has 2 N–H and O–H groups in total. The highest BCUT2D eigenvalue weighted by Crippen LogP contribution is 2.22. The molecule has 2 atom stereocenters. The first-order chi connectivity index (χ1) is 16.8. The fourth-order valence-electron chi connectivity index (χ4n) is 5.06. The average molecular weight is 479 g/mol. The third kappa shape index (κ3) is 5.69. The van der Waals surface area contributed by atoms with Crippen LogP contribution in [0.2, 0.25) is 0 Å². The summed E-state index contributed by atoms with van der Waals surface area (Å²) in [6.45, 7) is 4.08. The second-order valence-corrected chi connectivity index (χ2v) is 9.95. The molecule has 2 heterocycles. The molecule has 3 amide bonds. The Morgan fingerprint density at radius 3 is 2.43 bits per heavy atom. The van der Waals surface area contributed by atoms with E-state index in [1.165, 1.54) is 4.90 Å². The van der Waals surface area contributed by atoms with Crippen molar-refractivity contribution < 1.29 is 19.2 Å². The molecular weight excluding hydrogens is 444 g/mol. The number of pyridine rings is 1. The number of hydrogen-bond acceptors (Lipinski definition) is 5. The summed E-state index contributed by atoms with van der Waals surface area (Å²) in [5, 5.41) is 6.62. The molecule has 8 heteroatoms. The molecule has 1 aromatic heterocycles. The lowest BCUT2D eigenvalue weighted by molar-refractivity contribution is -0.145. The third-order valence-corrected chi connectivity index (χ3v) is 7.05. The molecule has 186 valence electrons. The van der Waals surface area contributed by atoms with E-state index < -0.39 is 29.7 Å². The number of ketones is 1. The van der Waals surface area contributed by atoms with Crippen LogP contribution in [0.4, 0.5) is 0 Å². The Labute approximate surface area is 205 Å². The van der Waals surface area contributed by atoms with E-state index in [-0.39, 0.29) is 23.6 Å². The second kappa shape index (κ2) is 11.0. The Balaban J connectivity index is 1.44. The zero-order valence-electron chi connectivity index (χ0n) is 20.5. The first-order valence-corrected chi connectivity index (χ1v) is 12.7. The number of carbonyl (C=O) groups is 4. The van der Waals surface area contributed by atoms with Gasteiger partial charge in [-0.2, -0.15) is 0 Å². The summed E-state index contributed by atoms with van der Waals surface area (Å²) in [7, 11) is 0. The van der Waals surface area contributed by atoms with Gasteiger partial charge in [0.15, 0.2) is 0 Å². The first-order valence-electron chi connectivity index (χ1n) is 12.7. The number of aromatic nitrogens is 1. The maximum absolute atomic E-state index is 13.5. The SMILES string of the molecule is CC(C)[C@H](NC(=O)c1ccc2ccccc2n1)C(=O)N1CCCC1C(=O)C(=O)NC1CCCCC1. The van der Waals surface area contributed by atoms with Crippen molar-refractivity contribution in [3.05, 3.63) is 42.1 Å². The average Bonchev–Trinajstić information content (AvgIpc) is 3.36. The van der Waals surface area contributed by atoms with E-state index >= 15 is 0 Å². The summed E-state index contributed by atoms with van der Waals surface area (Å²) >= 11 is 0. The molecule has 0 spiro atoms. The smallest absolute Gasteiger partial charge is 0.289 e. The topological polar surface area (TPSA) is 108 Å². The van der Waals surface area contributed by atoms with Gasteiger partial charge in [-0.1, -0.05) is 57.4 Å². The van der Waals surface area contributed by atoms with Crippen LogP contribution in [0.3, 0.4) is 0 Å². The van der Waals surface area contributed by atoms with Crippen LogP contribution in [0.15, 0.2) is 36.4 Å². The van der Waals surface area contributed by atoms with Gasteiger partial charge in [-0.15, -0.1) is 0 Å². The van der Waals surface area contributed by atoms with Crippen molar-refractivity contribution in [2.24, 2.45) is 5.92 Å². The third-order valence-electron chi connectivity index (χ3n) is 7.05. The highest BCUT2D eigenvalue weighted by Gasteiger charge is 2.41. The van der Waals surface area contributed by atoms with Gasteiger partial charge < -0.3 is 15.5 Å². The number of rotatable bonds is 7. The fraction of sp³-hybridized carbons (Fsp3) is 0.519. The summed E-state index contributed by atoms with van der Waals surface area (Å²) in [6, 6.07) is 9.37. The van der Waals surface area contributed by atoms with E-state index in [1.54, 1.807) is 6.07 Å². The van der Waals surface area contributed by atoms with Gasteiger partial charge in [-0.25, -0.2) is 4.98 Å². The number of benzene rings is 1. The lowest BCUT2D eigenvalue weighted by Gasteiger charge is -2.30. The van der Waals surface area contributed by atoms with Gasteiger partial charge in [0.25, 0.3) is 11.8 Å². The van der Waals surface area contributed by atoms with Crippen molar-refractivity contribution in [1.82, 2.24) is 20.5 Å². The monoisotopic (exact) mass is 478 g/mol. The zero-order valence-corrected chi connectivity index (χ0v) is 20.5. The largest absolute Gasteiger partial charge is 0.347 e. The molecule has 1 aliphatic heterocycles. The molecule has 1 aromatic carbocycles. The summed E-state index contributed by atoms with van der Waals surface area (Å²) in [6.07, 6.45) is 6.12. The van der Waals surface area contributed by atoms with Crippen LogP contribution < -0.4 is 10.6 Å². The Bertz CT molecular complexity index is 1110. The van der Waals surface area contributed by atoms with Crippen LogP contribution in [0.25, 0.3) is 10.9 Å². The second-order valence-electron chi connectivity index (χ2n) is 9.95. The van der Waals surface area contributed by atoms with Crippen LogP contribution in [0.1, 0.15) is 69.3 Å². The van der Waals surface area contributed by atoms with Crippen molar-refractivity contribution in [2.75, 3.05) is 6.54 Å². The summed E-state index contributed by atoms with van der Waals surface area (Å²) in [4.78, 5) is 58.0. The molecule has 1 aliphatic carbocycles. The van der Waals surface area contributed by atoms with Gasteiger partial charge in [-0.05, 0) is 43.7 Å². The summed E-state index contributed by atoms with van der Waals surface area (Å²) in [5.41, 5.74) is 0.921. The maximum Gasteiger partial charge on any atom is 0.289 e. The van der Waals surface area contributed by atoms with Crippen LogP contribution in [0, 0.1) is 5.92 Å². The Morgan fingerprint density at radius 1 is 0.943 bits per heavy atom. The van der Waals surface area contributed by atoms with Gasteiger partial charge in [0.1, 0.15) is 17.8 Å². The van der Waals surface area contributed by atoms with Crippen LogP contribution in [-0.2, 0) is 14.4 Å².